The number of amides is 1. The first kappa shape index (κ1) is 16.5. The van der Waals surface area contributed by atoms with Crippen molar-refractivity contribution in [2.75, 3.05) is 31.1 Å². The highest BCUT2D eigenvalue weighted by atomic mass is 16.1. The lowest BCUT2D eigenvalue weighted by molar-refractivity contribution is -0.122. The van der Waals surface area contributed by atoms with Crippen molar-refractivity contribution >= 4 is 17.4 Å². The summed E-state index contributed by atoms with van der Waals surface area (Å²) in [6.07, 6.45) is 0. The van der Waals surface area contributed by atoms with Crippen molar-refractivity contribution in [1.29, 1.82) is 0 Å². The van der Waals surface area contributed by atoms with Gasteiger partial charge in [-0.25, -0.2) is 0 Å². The fraction of sp³-hybridized carbons (Fsp3) is 0.333. The molecule has 26 heavy (non-hydrogen) atoms. The molecule has 8 nitrogen and oxygen atoms in total. The van der Waals surface area contributed by atoms with E-state index in [-0.39, 0.29) is 11.9 Å². The zero-order valence-electron chi connectivity index (χ0n) is 14.6. The van der Waals surface area contributed by atoms with Gasteiger partial charge in [-0.15, -0.1) is 15.3 Å². The summed E-state index contributed by atoms with van der Waals surface area (Å²) in [5, 5.41) is 13.2. The zero-order chi connectivity index (χ0) is 18.1. The van der Waals surface area contributed by atoms with Crippen LogP contribution < -0.4 is 10.6 Å². The molecule has 0 aliphatic carbocycles. The Hall–Kier alpha value is -3.00. The van der Waals surface area contributed by atoms with Crippen molar-refractivity contribution in [2.45, 2.75) is 13.0 Å². The van der Waals surface area contributed by atoms with Crippen LogP contribution in [0.3, 0.4) is 0 Å². The highest BCUT2D eigenvalue weighted by Gasteiger charge is 2.25. The second-order valence-corrected chi connectivity index (χ2v) is 6.45. The molecule has 1 amide bonds. The van der Waals surface area contributed by atoms with E-state index in [1.165, 1.54) is 0 Å². The lowest BCUT2D eigenvalue weighted by Crippen LogP contribution is -2.53. The lowest BCUT2D eigenvalue weighted by atomic mass is 10.2. The largest absolute Gasteiger partial charge is 0.368 e. The van der Waals surface area contributed by atoms with Gasteiger partial charge in [0.25, 0.3) is 0 Å². The predicted octanol–water partition coefficient (Wildman–Crippen LogP) is 0.787. The van der Waals surface area contributed by atoms with Crippen molar-refractivity contribution in [3.8, 4) is 11.4 Å². The van der Waals surface area contributed by atoms with Gasteiger partial charge in [0.2, 0.25) is 5.91 Å². The van der Waals surface area contributed by atoms with Gasteiger partial charge in [0.1, 0.15) is 5.82 Å². The maximum Gasteiger partial charge on any atom is 0.234 e. The summed E-state index contributed by atoms with van der Waals surface area (Å²) >= 11 is 0. The molecule has 1 aliphatic heterocycles. The van der Waals surface area contributed by atoms with Crippen molar-refractivity contribution in [1.82, 2.24) is 24.7 Å². The number of rotatable bonds is 4. The quantitative estimate of drug-likeness (QED) is 0.747. The number of aromatic nitrogens is 4. The average Bonchev–Trinajstić information content (AvgIpc) is 3.11. The van der Waals surface area contributed by atoms with E-state index in [0.717, 1.165) is 43.4 Å². The van der Waals surface area contributed by atoms with Crippen LogP contribution in [-0.4, -0.2) is 62.8 Å². The standard InChI is InChI=1S/C18H21N7O/c1-13(17(19)26)23-9-11-24(12-10-23)16-8-7-15-20-21-18(25(15)22-16)14-5-3-2-4-6-14/h2-8,13H,9-12H2,1H3,(H2,19,26). The number of primary amides is 1. The van der Waals surface area contributed by atoms with Crippen LogP contribution in [0.4, 0.5) is 5.82 Å². The summed E-state index contributed by atoms with van der Waals surface area (Å²) in [6.45, 7) is 4.98. The average molecular weight is 351 g/mol. The number of benzene rings is 1. The number of carbonyl (C=O) groups is 1. The first-order valence-corrected chi connectivity index (χ1v) is 8.69. The molecule has 2 N–H and O–H groups in total. The monoisotopic (exact) mass is 351 g/mol. The van der Waals surface area contributed by atoms with Crippen LogP contribution in [-0.2, 0) is 4.79 Å². The number of nitrogens with zero attached hydrogens (tertiary/aromatic N) is 6. The van der Waals surface area contributed by atoms with Gasteiger partial charge in [-0.2, -0.15) is 4.52 Å². The lowest BCUT2D eigenvalue weighted by Gasteiger charge is -2.37. The van der Waals surface area contributed by atoms with Crippen molar-refractivity contribution in [3.05, 3.63) is 42.5 Å². The van der Waals surface area contributed by atoms with Crippen molar-refractivity contribution in [3.63, 3.8) is 0 Å². The smallest absolute Gasteiger partial charge is 0.234 e. The minimum atomic E-state index is -0.282. The summed E-state index contributed by atoms with van der Waals surface area (Å²) < 4.78 is 1.78. The molecule has 1 fully saturated rings. The molecule has 4 rings (SSSR count). The van der Waals surface area contributed by atoms with Crippen LogP contribution in [0.1, 0.15) is 6.92 Å². The van der Waals surface area contributed by atoms with Gasteiger partial charge < -0.3 is 10.6 Å². The minimum absolute atomic E-state index is 0.241. The molecule has 1 saturated heterocycles. The Labute approximate surface area is 151 Å². The van der Waals surface area contributed by atoms with Crippen molar-refractivity contribution < 1.29 is 4.79 Å². The molecule has 1 aliphatic rings. The van der Waals surface area contributed by atoms with Crippen LogP contribution in [0.25, 0.3) is 17.0 Å². The highest BCUT2D eigenvalue weighted by Crippen LogP contribution is 2.20. The Kier molecular flexibility index (Phi) is 4.26. The maximum atomic E-state index is 11.4. The van der Waals surface area contributed by atoms with Crippen LogP contribution in [0.15, 0.2) is 42.5 Å². The predicted molar refractivity (Wildman–Crippen MR) is 98.7 cm³/mol. The third-order valence-corrected chi connectivity index (χ3v) is 4.88. The molecule has 2 aromatic heterocycles. The number of hydrogen-bond donors (Lipinski definition) is 1. The Balaban J connectivity index is 1.58. The van der Waals surface area contributed by atoms with E-state index < -0.39 is 0 Å². The second kappa shape index (κ2) is 6.72. The van der Waals surface area contributed by atoms with Gasteiger partial charge in [0, 0.05) is 31.7 Å². The Morgan fingerprint density at radius 3 is 2.46 bits per heavy atom. The maximum absolute atomic E-state index is 11.4. The highest BCUT2D eigenvalue weighted by molar-refractivity contribution is 5.79. The summed E-state index contributed by atoms with van der Waals surface area (Å²) in [7, 11) is 0. The number of anilines is 1. The number of hydrogen-bond acceptors (Lipinski definition) is 6. The molecular formula is C18H21N7O. The van der Waals surface area contributed by atoms with Gasteiger partial charge >= 0.3 is 0 Å². The van der Waals surface area contributed by atoms with E-state index in [4.69, 9.17) is 10.8 Å². The van der Waals surface area contributed by atoms with E-state index >= 15 is 0 Å². The number of carbonyl (C=O) groups excluding carboxylic acids is 1. The first-order chi connectivity index (χ1) is 12.6. The first-order valence-electron chi connectivity index (χ1n) is 8.69. The molecule has 3 aromatic rings. The molecule has 3 heterocycles. The van der Waals surface area contributed by atoms with Crippen molar-refractivity contribution in [2.24, 2.45) is 5.73 Å². The third kappa shape index (κ3) is 2.99. The van der Waals surface area contributed by atoms with Crippen LogP contribution in [0.2, 0.25) is 0 Å². The number of fused-ring (bicyclic) bond motifs is 1. The molecule has 134 valence electrons. The van der Waals surface area contributed by atoms with E-state index in [0.29, 0.717) is 5.65 Å². The SMILES string of the molecule is CC(C(N)=O)N1CCN(c2ccc3nnc(-c4ccccc4)n3n2)CC1. The van der Waals surface area contributed by atoms with Crippen LogP contribution in [0.5, 0.6) is 0 Å². The van der Waals surface area contributed by atoms with Crippen LogP contribution >= 0.6 is 0 Å². The Bertz CT molecular complexity index is 916. The van der Waals surface area contributed by atoms with E-state index in [2.05, 4.69) is 20.0 Å². The number of piperazine rings is 1. The molecule has 1 atom stereocenters. The fourth-order valence-corrected chi connectivity index (χ4v) is 3.23. The molecular weight excluding hydrogens is 330 g/mol. The van der Waals surface area contributed by atoms with Crippen LogP contribution in [0, 0.1) is 0 Å². The Morgan fingerprint density at radius 1 is 1.04 bits per heavy atom. The second-order valence-electron chi connectivity index (χ2n) is 6.45. The molecule has 0 spiro atoms. The van der Waals surface area contributed by atoms with Gasteiger partial charge in [0.15, 0.2) is 11.5 Å². The molecule has 0 bridgehead atoms. The van der Waals surface area contributed by atoms with Gasteiger partial charge in [0.05, 0.1) is 6.04 Å². The third-order valence-electron chi connectivity index (χ3n) is 4.88. The number of nitrogens with two attached hydrogens (primary N) is 1. The van der Waals surface area contributed by atoms with E-state index in [1.54, 1.807) is 4.52 Å². The summed E-state index contributed by atoms with van der Waals surface area (Å²) in [5.41, 5.74) is 7.10. The minimum Gasteiger partial charge on any atom is -0.368 e. The fourth-order valence-electron chi connectivity index (χ4n) is 3.23. The zero-order valence-corrected chi connectivity index (χ0v) is 14.6. The molecule has 0 saturated carbocycles. The molecule has 1 aromatic carbocycles. The van der Waals surface area contributed by atoms with Gasteiger partial charge in [-0.3, -0.25) is 9.69 Å². The molecule has 1 unspecified atom stereocenters. The van der Waals surface area contributed by atoms with E-state index in [1.807, 2.05) is 49.4 Å². The normalized spacial score (nSPS) is 16.7. The molecule has 8 heteroatoms. The van der Waals surface area contributed by atoms with Gasteiger partial charge in [-0.1, -0.05) is 30.3 Å². The van der Waals surface area contributed by atoms with Gasteiger partial charge in [-0.05, 0) is 19.1 Å². The topological polar surface area (TPSA) is 92.7 Å². The summed E-state index contributed by atoms with van der Waals surface area (Å²) in [4.78, 5) is 15.7. The molecule has 0 radical (unpaired) electrons. The summed E-state index contributed by atoms with van der Waals surface area (Å²) in [5.74, 6) is 1.32. The summed E-state index contributed by atoms with van der Waals surface area (Å²) in [6, 6.07) is 13.6. The Morgan fingerprint density at radius 2 is 1.77 bits per heavy atom. The van der Waals surface area contributed by atoms with E-state index in [9.17, 15) is 4.79 Å².